The predicted octanol–water partition coefficient (Wildman–Crippen LogP) is 7.34. The van der Waals surface area contributed by atoms with Crippen molar-refractivity contribution in [2.75, 3.05) is 13.2 Å². The van der Waals surface area contributed by atoms with E-state index in [2.05, 4.69) is 4.74 Å². The Morgan fingerprint density at radius 1 is 0.903 bits per heavy atom. The van der Waals surface area contributed by atoms with Gasteiger partial charge in [-0.05, 0) is 62.1 Å². The second-order valence-electron chi connectivity index (χ2n) is 7.56. The number of halogens is 7. The molecule has 1 fully saturated rings. The molecular weight excluding hydrogens is 446 g/mol. The molecule has 2 aromatic carbocycles. The van der Waals surface area contributed by atoms with Gasteiger partial charge in [0.2, 0.25) is 0 Å². The molecular formula is C22H21ClF6O2. The molecule has 1 saturated carbocycles. The van der Waals surface area contributed by atoms with Crippen LogP contribution in [0.15, 0.2) is 24.3 Å². The molecule has 0 aliphatic heterocycles. The number of hydrogen-bond donors (Lipinski definition) is 0. The molecule has 0 heterocycles. The Hall–Kier alpha value is -1.93. The maximum absolute atomic E-state index is 14.5. The molecule has 0 amide bonds. The number of benzene rings is 2. The van der Waals surface area contributed by atoms with Crippen LogP contribution in [0.3, 0.4) is 0 Å². The van der Waals surface area contributed by atoms with Gasteiger partial charge in [0.15, 0.2) is 0 Å². The van der Waals surface area contributed by atoms with Crippen LogP contribution in [0, 0.1) is 29.2 Å². The molecule has 31 heavy (non-hydrogen) atoms. The third kappa shape index (κ3) is 5.47. The van der Waals surface area contributed by atoms with Crippen molar-refractivity contribution in [2.24, 2.45) is 5.92 Å². The summed E-state index contributed by atoms with van der Waals surface area (Å²) in [6.07, 6.45) is -1.57. The van der Waals surface area contributed by atoms with Gasteiger partial charge in [0, 0.05) is 25.3 Å². The first-order valence-corrected chi connectivity index (χ1v) is 10.3. The lowest BCUT2D eigenvalue weighted by atomic mass is 9.79. The SMILES string of the molecule is CCOCC1CCC(c2cc(F)c(C(F)(F)Oc3cc(F)c(Cl)c(F)c3)c(F)c2)CC1. The van der Waals surface area contributed by atoms with Gasteiger partial charge in [-0.15, -0.1) is 0 Å². The highest BCUT2D eigenvalue weighted by molar-refractivity contribution is 6.30. The molecule has 2 aromatic rings. The standard InChI is InChI=1S/C22H21ClF6O2/c1-2-30-11-12-3-5-13(6-4-12)14-7-16(24)20(17(25)8-14)22(28,29)31-15-9-18(26)21(23)19(27)10-15/h7-10,12-13H,2-6,11H2,1H3. The maximum atomic E-state index is 14.5. The van der Waals surface area contributed by atoms with E-state index in [1.54, 1.807) is 0 Å². The first-order valence-electron chi connectivity index (χ1n) is 9.90. The number of alkyl halides is 2. The summed E-state index contributed by atoms with van der Waals surface area (Å²) in [5, 5.41) is -0.909. The van der Waals surface area contributed by atoms with Crippen molar-refractivity contribution in [1.29, 1.82) is 0 Å². The molecule has 1 aliphatic carbocycles. The molecule has 0 atom stereocenters. The van der Waals surface area contributed by atoms with Gasteiger partial charge in [-0.1, -0.05) is 11.6 Å². The van der Waals surface area contributed by atoms with E-state index in [1.165, 1.54) is 0 Å². The maximum Gasteiger partial charge on any atom is 0.432 e. The van der Waals surface area contributed by atoms with Crippen molar-refractivity contribution in [3.63, 3.8) is 0 Å². The molecule has 170 valence electrons. The van der Waals surface area contributed by atoms with E-state index in [0.717, 1.165) is 25.0 Å². The summed E-state index contributed by atoms with van der Waals surface area (Å²) < 4.78 is 94.6. The Balaban J connectivity index is 1.78. The van der Waals surface area contributed by atoms with Crippen molar-refractivity contribution >= 4 is 11.6 Å². The molecule has 0 aromatic heterocycles. The Morgan fingerprint density at radius 2 is 1.45 bits per heavy atom. The van der Waals surface area contributed by atoms with Crippen LogP contribution in [0.4, 0.5) is 26.3 Å². The molecule has 3 rings (SSSR count). The van der Waals surface area contributed by atoms with Crippen molar-refractivity contribution in [2.45, 2.75) is 44.6 Å². The van der Waals surface area contributed by atoms with Crippen LogP contribution in [0.1, 0.15) is 49.7 Å². The van der Waals surface area contributed by atoms with Crippen LogP contribution in [0.2, 0.25) is 5.02 Å². The molecule has 0 radical (unpaired) electrons. The van der Waals surface area contributed by atoms with Crippen LogP contribution in [-0.4, -0.2) is 13.2 Å². The fraction of sp³-hybridized carbons (Fsp3) is 0.455. The summed E-state index contributed by atoms with van der Waals surface area (Å²) in [7, 11) is 0. The Bertz CT molecular complexity index is 882. The summed E-state index contributed by atoms with van der Waals surface area (Å²) in [5.74, 6) is -6.43. The van der Waals surface area contributed by atoms with Crippen LogP contribution < -0.4 is 4.74 Å². The van der Waals surface area contributed by atoms with Crippen LogP contribution in [0.25, 0.3) is 0 Å². The van der Waals surface area contributed by atoms with E-state index in [-0.39, 0.29) is 11.5 Å². The second-order valence-corrected chi connectivity index (χ2v) is 7.93. The van der Waals surface area contributed by atoms with Gasteiger partial charge in [0.25, 0.3) is 0 Å². The van der Waals surface area contributed by atoms with E-state index in [0.29, 0.717) is 44.1 Å². The molecule has 0 N–H and O–H groups in total. The number of hydrogen-bond acceptors (Lipinski definition) is 2. The molecule has 2 nitrogen and oxygen atoms in total. The van der Waals surface area contributed by atoms with Gasteiger partial charge in [0.05, 0.1) is 0 Å². The van der Waals surface area contributed by atoms with Crippen molar-refractivity contribution < 1.29 is 35.8 Å². The lowest BCUT2D eigenvalue weighted by molar-refractivity contribution is -0.189. The fourth-order valence-electron chi connectivity index (χ4n) is 3.84. The largest absolute Gasteiger partial charge is 0.432 e. The van der Waals surface area contributed by atoms with Gasteiger partial charge >= 0.3 is 6.11 Å². The molecule has 1 aliphatic rings. The normalized spacial score (nSPS) is 19.5. The average Bonchev–Trinajstić information content (AvgIpc) is 2.69. The second kappa shape index (κ2) is 9.69. The first-order chi connectivity index (χ1) is 14.6. The van der Waals surface area contributed by atoms with Crippen LogP contribution >= 0.6 is 11.6 Å². The highest BCUT2D eigenvalue weighted by Crippen LogP contribution is 2.40. The smallest absolute Gasteiger partial charge is 0.429 e. The third-order valence-corrected chi connectivity index (χ3v) is 5.80. The zero-order valence-electron chi connectivity index (χ0n) is 16.7. The zero-order valence-corrected chi connectivity index (χ0v) is 17.4. The van der Waals surface area contributed by atoms with Crippen molar-refractivity contribution in [1.82, 2.24) is 0 Å². The van der Waals surface area contributed by atoms with Gasteiger partial charge in [-0.2, -0.15) is 8.78 Å². The Labute approximate surface area is 181 Å². The monoisotopic (exact) mass is 466 g/mol. The van der Waals surface area contributed by atoms with Crippen LogP contribution in [0.5, 0.6) is 5.75 Å². The minimum absolute atomic E-state index is 0.162. The van der Waals surface area contributed by atoms with Crippen LogP contribution in [-0.2, 0) is 10.8 Å². The molecule has 0 bridgehead atoms. The van der Waals surface area contributed by atoms with E-state index >= 15 is 0 Å². The van der Waals surface area contributed by atoms with Gasteiger partial charge in [0.1, 0.15) is 39.6 Å². The molecule has 9 heteroatoms. The molecule has 0 saturated heterocycles. The first kappa shape index (κ1) is 23.7. The summed E-state index contributed by atoms with van der Waals surface area (Å²) >= 11 is 5.29. The summed E-state index contributed by atoms with van der Waals surface area (Å²) in [6.45, 7) is 3.14. The average molecular weight is 467 g/mol. The molecule has 0 unspecified atom stereocenters. The minimum Gasteiger partial charge on any atom is -0.429 e. The summed E-state index contributed by atoms with van der Waals surface area (Å²) in [5.41, 5.74) is -1.34. The lowest BCUT2D eigenvalue weighted by Crippen LogP contribution is -2.26. The van der Waals surface area contributed by atoms with E-state index < -0.39 is 45.7 Å². The summed E-state index contributed by atoms with van der Waals surface area (Å²) in [4.78, 5) is 0. The number of rotatable bonds is 7. The van der Waals surface area contributed by atoms with Gasteiger partial charge in [-0.25, -0.2) is 17.6 Å². The number of ether oxygens (including phenoxy) is 2. The topological polar surface area (TPSA) is 18.5 Å². The zero-order chi connectivity index (χ0) is 22.8. The highest BCUT2D eigenvalue weighted by Gasteiger charge is 2.42. The van der Waals surface area contributed by atoms with Crippen molar-refractivity contribution in [3.05, 3.63) is 63.7 Å². The van der Waals surface area contributed by atoms with E-state index in [4.69, 9.17) is 16.3 Å². The van der Waals surface area contributed by atoms with Crippen molar-refractivity contribution in [3.8, 4) is 5.75 Å². The fourth-order valence-corrected chi connectivity index (χ4v) is 3.95. The Morgan fingerprint density at radius 3 is 1.97 bits per heavy atom. The quantitative estimate of drug-likeness (QED) is 0.314. The predicted molar refractivity (Wildman–Crippen MR) is 103 cm³/mol. The molecule has 0 spiro atoms. The van der Waals surface area contributed by atoms with E-state index in [1.807, 2.05) is 6.92 Å². The lowest BCUT2D eigenvalue weighted by Gasteiger charge is -2.29. The minimum atomic E-state index is -4.51. The summed E-state index contributed by atoms with van der Waals surface area (Å²) in [6, 6.07) is 2.55. The Kier molecular flexibility index (Phi) is 7.42. The van der Waals surface area contributed by atoms with E-state index in [9.17, 15) is 26.3 Å². The highest BCUT2D eigenvalue weighted by atomic mass is 35.5. The third-order valence-electron chi connectivity index (χ3n) is 5.43. The van der Waals surface area contributed by atoms with Gasteiger partial charge < -0.3 is 9.47 Å². The van der Waals surface area contributed by atoms with Gasteiger partial charge in [-0.3, -0.25) is 0 Å².